The van der Waals surface area contributed by atoms with E-state index in [1.165, 1.54) is 161 Å². The topological polar surface area (TPSA) is 69.6 Å². The van der Waals surface area contributed by atoms with Crippen molar-refractivity contribution in [2.75, 3.05) is 6.61 Å². The second kappa shape index (κ2) is 37.3. The minimum Gasteiger partial charge on any atom is -0.394 e. The molecule has 0 unspecified atom stereocenters. The van der Waals surface area contributed by atoms with E-state index in [1.54, 1.807) is 6.08 Å². The Morgan fingerprint density at radius 3 is 1.29 bits per heavy atom. The molecule has 266 valence electrons. The smallest absolute Gasteiger partial charge is 0.220 e. The van der Waals surface area contributed by atoms with Crippen LogP contribution in [0.3, 0.4) is 0 Å². The third kappa shape index (κ3) is 34.0. The van der Waals surface area contributed by atoms with Crippen LogP contribution in [0.15, 0.2) is 24.3 Å². The molecule has 45 heavy (non-hydrogen) atoms. The van der Waals surface area contributed by atoms with Gasteiger partial charge in [0.2, 0.25) is 5.91 Å². The van der Waals surface area contributed by atoms with Crippen LogP contribution in [0.4, 0.5) is 0 Å². The van der Waals surface area contributed by atoms with Crippen molar-refractivity contribution in [3.8, 4) is 0 Å². The summed E-state index contributed by atoms with van der Waals surface area (Å²) < 4.78 is 0. The molecule has 0 saturated carbocycles. The molecule has 0 spiro atoms. The number of aliphatic hydroxyl groups is 2. The van der Waals surface area contributed by atoms with E-state index in [2.05, 4.69) is 31.3 Å². The van der Waals surface area contributed by atoms with Crippen molar-refractivity contribution in [2.24, 2.45) is 0 Å². The highest BCUT2D eigenvalue weighted by Gasteiger charge is 2.17. The van der Waals surface area contributed by atoms with Gasteiger partial charge < -0.3 is 15.5 Å². The minimum atomic E-state index is -0.856. The summed E-state index contributed by atoms with van der Waals surface area (Å²) in [6.07, 6.45) is 47.0. The van der Waals surface area contributed by atoms with Gasteiger partial charge in [-0.25, -0.2) is 0 Å². The van der Waals surface area contributed by atoms with Gasteiger partial charge in [-0.1, -0.05) is 199 Å². The summed E-state index contributed by atoms with van der Waals surface area (Å²) in [6.45, 7) is 4.29. The van der Waals surface area contributed by atoms with Crippen LogP contribution < -0.4 is 5.32 Å². The molecule has 3 N–H and O–H groups in total. The van der Waals surface area contributed by atoms with Crippen LogP contribution in [-0.2, 0) is 4.79 Å². The van der Waals surface area contributed by atoms with Crippen LogP contribution in [0.1, 0.15) is 213 Å². The van der Waals surface area contributed by atoms with Gasteiger partial charge in [0.1, 0.15) is 0 Å². The maximum absolute atomic E-state index is 12.3. The van der Waals surface area contributed by atoms with Crippen LogP contribution in [0, 0.1) is 0 Å². The van der Waals surface area contributed by atoms with E-state index in [4.69, 9.17) is 0 Å². The highest BCUT2D eigenvalue weighted by Crippen LogP contribution is 2.15. The molecule has 4 heteroatoms. The van der Waals surface area contributed by atoms with Gasteiger partial charge in [0.05, 0.1) is 18.8 Å². The molecule has 0 saturated heterocycles. The molecule has 0 aliphatic heterocycles. The quantitative estimate of drug-likeness (QED) is 0.0475. The highest BCUT2D eigenvalue weighted by molar-refractivity contribution is 5.76. The van der Waals surface area contributed by atoms with Gasteiger partial charge in [0.15, 0.2) is 0 Å². The maximum Gasteiger partial charge on any atom is 0.220 e. The first-order valence-electron chi connectivity index (χ1n) is 20.1. The molecule has 0 bridgehead atoms. The summed E-state index contributed by atoms with van der Waals surface area (Å²) in [5.74, 6) is -0.0720. The molecule has 0 aliphatic rings. The second-order valence-electron chi connectivity index (χ2n) is 13.7. The van der Waals surface area contributed by atoms with E-state index in [9.17, 15) is 15.0 Å². The fourth-order valence-corrected chi connectivity index (χ4v) is 6.08. The molecule has 0 radical (unpaired) electrons. The SMILES string of the molecule is CCCCCCCCC/C=C/CC/C=C/[C@@H](O)[C@H](CO)NC(=O)CCCCCCCCCCCCCCCCCCCCCC. The largest absolute Gasteiger partial charge is 0.394 e. The molecular weight excluding hydrogens is 554 g/mol. The van der Waals surface area contributed by atoms with E-state index < -0.39 is 12.1 Å². The molecule has 0 aromatic rings. The number of hydrogen-bond acceptors (Lipinski definition) is 3. The van der Waals surface area contributed by atoms with Crippen molar-refractivity contribution in [3.05, 3.63) is 24.3 Å². The van der Waals surface area contributed by atoms with E-state index in [0.717, 1.165) is 32.1 Å². The average Bonchev–Trinajstić information content (AvgIpc) is 3.04. The van der Waals surface area contributed by atoms with Crippen molar-refractivity contribution in [1.29, 1.82) is 0 Å². The number of carbonyl (C=O) groups excluding carboxylic acids is 1. The first-order valence-corrected chi connectivity index (χ1v) is 20.1. The Kier molecular flexibility index (Phi) is 36.4. The van der Waals surface area contributed by atoms with Crippen LogP contribution in [0.2, 0.25) is 0 Å². The zero-order valence-electron chi connectivity index (χ0n) is 30.4. The zero-order chi connectivity index (χ0) is 32.9. The highest BCUT2D eigenvalue weighted by atomic mass is 16.3. The van der Waals surface area contributed by atoms with Crippen molar-refractivity contribution >= 4 is 5.91 Å². The van der Waals surface area contributed by atoms with Gasteiger partial charge in [-0.15, -0.1) is 0 Å². The number of allylic oxidation sites excluding steroid dienone is 3. The van der Waals surface area contributed by atoms with Gasteiger partial charge in [0, 0.05) is 6.42 Å². The van der Waals surface area contributed by atoms with Crippen LogP contribution >= 0.6 is 0 Å². The predicted octanol–water partition coefficient (Wildman–Crippen LogP) is 12.1. The molecule has 4 nitrogen and oxygen atoms in total. The summed E-state index contributed by atoms with van der Waals surface area (Å²) in [4.78, 5) is 12.3. The Hall–Kier alpha value is -1.13. The first kappa shape index (κ1) is 43.9. The lowest BCUT2D eigenvalue weighted by Crippen LogP contribution is -2.45. The molecule has 0 fully saturated rings. The van der Waals surface area contributed by atoms with E-state index in [1.807, 2.05) is 6.08 Å². The Morgan fingerprint density at radius 1 is 0.511 bits per heavy atom. The molecule has 0 aromatic carbocycles. The monoisotopic (exact) mass is 634 g/mol. The summed E-state index contributed by atoms with van der Waals surface area (Å²) >= 11 is 0. The number of unbranched alkanes of at least 4 members (excludes halogenated alkanes) is 27. The third-order valence-electron chi connectivity index (χ3n) is 9.19. The van der Waals surface area contributed by atoms with Gasteiger partial charge in [0.25, 0.3) is 0 Å². The maximum atomic E-state index is 12.3. The Bertz CT molecular complexity index is 647. The molecule has 2 atom stereocenters. The Labute approximate surface area is 281 Å². The normalized spacial score (nSPS) is 13.2. The zero-order valence-corrected chi connectivity index (χ0v) is 30.4. The fourth-order valence-electron chi connectivity index (χ4n) is 6.08. The lowest BCUT2D eigenvalue weighted by molar-refractivity contribution is -0.123. The van der Waals surface area contributed by atoms with Gasteiger partial charge in [-0.3, -0.25) is 4.79 Å². The van der Waals surface area contributed by atoms with Gasteiger partial charge in [-0.05, 0) is 32.1 Å². The number of rotatable bonds is 36. The van der Waals surface area contributed by atoms with Crippen LogP contribution in [-0.4, -0.2) is 34.9 Å². The molecule has 0 aliphatic carbocycles. The number of nitrogens with one attached hydrogen (secondary N) is 1. The lowest BCUT2D eigenvalue weighted by atomic mass is 10.0. The molecular formula is C41H79NO3. The van der Waals surface area contributed by atoms with Gasteiger partial charge in [-0.2, -0.15) is 0 Å². The molecule has 1 amide bonds. The minimum absolute atomic E-state index is 0.0720. The van der Waals surface area contributed by atoms with Crippen molar-refractivity contribution in [2.45, 2.75) is 225 Å². The van der Waals surface area contributed by atoms with Crippen molar-refractivity contribution < 1.29 is 15.0 Å². The summed E-state index contributed by atoms with van der Waals surface area (Å²) in [5, 5.41) is 22.9. The lowest BCUT2D eigenvalue weighted by Gasteiger charge is -2.19. The fraction of sp³-hybridized carbons (Fsp3) is 0.878. The summed E-state index contributed by atoms with van der Waals surface area (Å²) in [6, 6.07) is -0.633. The Morgan fingerprint density at radius 2 is 0.867 bits per heavy atom. The first-order chi connectivity index (χ1) is 22.2. The summed E-state index contributed by atoms with van der Waals surface area (Å²) in [5.41, 5.74) is 0. The van der Waals surface area contributed by atoms with Crippen LogP contribution in [0.25, 0.3) is 0 Å². The molecule has 0 rings (SSSR count). The standard InChI is InChI=1S/C41H79NO3/c1-3-5-7-9-11-13-15-17-18-19-20-21-22-23-25-27-29-31-33-35-37-41(45)42-39(38-43)40(44)36-34-32-30-28-26-24-16-14-12-10-8-6-4-2/h26,28,34,36,39-40,43-44H,3-25,27,29-33,35,37-38H2,1-2H3,(H,42,45)/b28-26+,36-34+/t39-,40+/m0/s1. The predicted molar refractivity (Wildman–Crippen MR) is 198 cm³/mol. The van der Waals surface area contributed by atoms with Crippen molar-refractivity contribution in [1.82, 2.24) is 5.32 Å². The van der Waals surface area contributed by atoms with E-state index >= 15 is 0 Å². The van der Waals surface area contributed by atoms with Crippen molar-refractivity contribution in [3.63, 3.8) is 0 Å². The number of amides is 1. The molecule has 0 heterocycles. The number of aliphatic hydroxyl groups excluding tert-OH is 2. The van der Waals surface area contributed by atoms with Gasteiger partial charge >= 0.3 is 0 Å². The third-order valence-corrected chi connectivity index (χ3v) is 9.19. The van der Waals surface area contributed by atoms with E-state index in [-0.39, 0.29) is 12.5 Å². The van der Waals surface area contributed by atoms with Crippen LogP contribution in [0.5, 0.6) is 0 Å². The second-order valence-corrected chi connectivity index (χ2v) is 13.7. The average molecular weight is 634 g/mol. The molecule has 0 aromatic heterocycles. The Balaban J connectivity index is 3.57. The number of carbonyl (C=O) groups is 1. The number of hydrogen-bond donors (Lipinski definition) is 3. The summed E-state index contributed by atoms with van der Waals surface area (Å²) in [7, 11) is 0. The van der Waals surface area contributed by atoms with E-state index in [0.29, 0.717) is 6.42 Å².